The summed E-state index contributed by atoms with van der Waals surface area (Å²) < 4.78 is 8.52. The van der Waals surface area contributed by atoms with Gasteiger partial charge >= 0.3 is 0 Å². The molecule has 1 heterocycles. The van der Waals surface area contributed by atoms with Crippen LogP contribution >= 0.6 is 0 Å². The summed E-state index contributed by atoms with van der Waals surface area (Å²) in [6.07, 6.45) is 2.03. The minimum Gasteiger partial charge on any atom is -0.256 e. The van der Waals surface area contributed by atoms with E-state index in [1.54, 1.807) is 0 Å². The van der Waals surface area contributed by atoms with E-state index in [2.05, 4.69) is 62.1 Å². The minimum absolute atomic E-state index is 0.654. The van der Waals surface area contributed by atoms with Gasteiger partial charge in [-0.2, -0.15) is 0 Å². The Morgan fingerprint density at radius 1 is 0.880 bits per heavy atom. The molecule has 0 saturated heterocycles. The van der Waals surface area contributed by atoms with Crippen molar-refractivity contribution in [1.29, 1.82) is 0 Å². The number of benzene rings is 2. The van der Waals surface area contributed by atoms with Crippen molar-refractivity contribution in [3.05, 3.63) is 72.4 Å². The zero-order valence-corrected chi connectivity index (χ0v) is 16.8. The highest BCUT2D eigenvalue weighted by molar-refractivity contribution is 6.88. The van der Waals surface area contributed by atoms with Gasteiger partial charge in [-0.1, -0.05) is 82.0 Å². The van der Waals surface area contributed by atoms with Gasteiger partial charge in [0.05, 0.1) is 13.8 Å². The molecule has 1 aromatic heterocycles. The molecule has 0 radical (unpaired) electrons. The number of rotatable bonds is 4. The van der Waals surface area contributed by atoms with Crippen LogP contribution in [-0.4, -0.2) is 13.1 Å². The summed E-state index contributed by atoms with van der Waals surface area (Å²) in [5.74, 6) is -0.654. The fraction of sp³-hybridized carbons (Fsp3) is 0.261. The topological polar surface area (TPSA) is 12.9 Å². The molecule has 25 heavy (non-hydrogen) atoms. The van der Waals surface area contributed by atoms with E-state index in [4.69, 9.17) is 6.35 Å². The molecule has 2 heteroatoms. The summed E-state index contributed by atoms with van der Waals surface area (Å²) in [5.41, 5.74) is 5.37. The summed E-state index contributed by atoms with van der Waals surface area (Å²) in [5, 5.41) is 1.37. The van der Waals surface area contributed by atoms with Crippen molar-refractivity contribution >= 4 is 13.3 Å². The van der Waals surface area contributed by atoms with Crippen LogP contribution in [0.15, 0.2) is 66.9 Å². The first-order valence-electron chi connectivity index (χ1n) is 9.33. The Morgan fingerprint density at radius 2 is 1.60 bits per heavy atom. The average molecular weight is 347 g/mol. The van der Waals surface area contributed by atoms with E-state index in [0.717, 1.165) is 27.9 Å². The predicted molar refractivity (Wildman–Crippen MR) is 112 cm³/mol. The van der Waals surface area contributed by atoms with E-state index in [9.17, 15) is 0 Å². The third-order valence-electron chi connectivity index (χ3n) is 4.57. The van der Waals surface area contributed by atoms with Gasteiger partial charge in [-0.25, -0.2) is 0 Å². The van der Waals surface area contributed by atoms with E-state index < -0.39 is 14.0 Å². The molecule has 0 saturated carbocycles. The number of hydrogen-bond acceptors (Lipinski definition) is 1. The maximum atomic E-state index is 8.52. The largest absolute Gasteiger partial charge is 0.256 e. The smallest absolute Gasteiger partial charge is 0.0796 e. The third-order valence-corrected chi connectivity index (χ3v) is 6.60. The fourth-order valence-corrected chi connectivity index (χ4v) is 4.04. The summed E-state index contributed by atoms with van der Waals surface area (Å²) in [6, 6.07) is 21.0. The molecule has 0 fully saturated rings. The van der Waals surface area contributed by atoms with E-state index in [-0.39, 0.29) is 0 Å². The van der Waals surface area contributed by atoms with Crippen LogP contribution in [0.5, 0.6) is 0 Å². The van der Waals surface area contributed by atoms with E-state index >= 15 is 0 Å². The highest BCUT2D eigenvalue weighted by Crippen LogP contribution is 2.32. The Balaban J connectivity index is 2.10. The molecular weight excluding hydrogens is 318 g/mol. The maximum Gasteiger partial charge on any atom is 0.0796 e. The number of nitrogens with zero attached hydrogens (tertiary/aromatic N) is 1. The van der Waals surface area contributed by atoms with Gasteiger partial charge < -0.3 is 0 Å². The van der Waals surface area contributed by atoms with Crippen LogP contribution in [0, 0.1) is 0 Å². The summed E-state index contributed by atoms with van der Waals surface area (Å²) in [6.45, 7) is 10.9. The SMILES string of the molecule is [2H]C(C)(C)c1ccc(-c2ccc([Si](C)(C)C)cn2)cc1-c1ccccc1. The van der Waals surface area contributed by atoms with Gasteiger partial charge in [0.1, 0.15) is 0 Å². The number of aromatic nitrogens is 1. The van der Waals surface area contributed by atoms with Gasteiger partial charge in [0.2, 0.25) is 0 Å². The van der Waals surface area contributed by atoms with Crippen LogP contribution in [0.4, 0.5) is 0 Å². The van der Waals surface area contributed by atoms with Crippen LogP contribution in [0.1, 0.15) is 26.7 Å². The van der Waals surface area contributed by atoms with Crippen molar-refractivity contribution in [2.24, 2.45) is 0 Å². The van der Waals surface area contributed by atoms with Gasteiger partial charge in [-0.15, -0.1) is 0 Å². The van der Waals surface area contributed by atoms with Crippen LogP contribution in [0.3, 0.4) is 0 Å². The molecule has 0 atom stereocenters. The molecule has 3 aromatic rings. The third kappa shape index (κ3) is 3.90. The van der Waals surface area contributed by atoms with Crippen LogP contribution in [0.2, 0.25) is 19.6 Å². The van der Waals surface area contributed by atoms with Crippen molar-refractivity contribution in [3.8, 4) is 22.4 Å². The molecule has 0 aliphatic heterocycles. The first-order valence-corrected chi connectivity index (χ1v) is 12.3. The van der Waals surface area contributed by atoms with Crippen LogP contribution in [0.25, 0.3) is 22.4 Å². The monoisotopic (exact) mass is 346 g/mol. The second-order valence-electron chi connectivity index (χ2n) is 7.81. The van der Waals surface area contributed by atoms with Crippen molar-refractivity contribution < 1.29 is 1.37 Å². The molecule has 1 nitrogen and oxygen atoms in total. The lowest BCUT2D eigenvalue weighted by atomic mass is 9.90. The van der Waals surface area contributed by atoms with Gasteiger partial charge in [-0.3, -0.25) is 4.98 Å². The molecule has 128 valence electrons. The van der Waals surface area contributed by atoms with Gasteiger partial charge in [0.25, 0.3) is 0 Å². The van der Waals surface area contributed by atoms with Gasteiger partial charge in [0, 0.05) is 13.1 Å². The second kappa shape index (κ2) is 6.97. The van der Waals surface area contributed by atoms with Gasteiger partial charge in [-0.05, 0) is 39.9 Å². The number of hydrogen-bond donors (Lipinski definition) is 0. The predicted octanol–water partition coefficient (Wildman–Crippen LogP) is 6.08. The molecule has 0 unspecified atom stereocenters. The van der Waals surface area contributed by atoms with E-state index in [1.165, 1.54) is 5.19 Å². The lowest BCUT2D eigenvalue weighted by Gasteiger charge is -2.17. The molecule has 0 aliphatic carbocycles. The molecule has 2 aromatic carbocycles. The Kier molecular flexibility index (Phi) is 4.54. The van der Waals surface area contributed by atoms with Gasteiger partial charge in [0.15, 0.2) is 0 Å². The van der Waals surface area contributed by atoms with Crippen molar-refractivity contribution in [2.45, 2.75) is 39.4 Å². The Labute approximate surface area is 154 Å². The Morgan fingerprint density at radius 3 is 2.16 bits per heavy atom. The Bertz CT molecular complexity index is 888. The van der Waals surface area contributed by atoms with Crippen molar-refractivity contribution in [2.75, 3.05) is 0 Å². The maximum absolute atomic E-state index is 8.52. The highest BCUT2D eigenvalue weighted by atomic mass is 28.3. The van der Waals surface area contributed by atoms with Crippen molar-refractivity contribution in [1.82, 2.24) is 4.98 Å². The summed E-state index contributed by atoms with van der Waals surface area (Å²) in [4.78, 5) is 4.73. The second-order valence-corrected chi connectivity index (χ2v) is 12.9. The normalized spacial score (nSPS) is 12.8. The highest BCUT2D eigenvalue weighted by Gasteiger charge is 2.17. The zero-order chi connectivity index (χ0) is 18.9. The standard InChI is InChI=1S/C23H27NSi/c1-17(2)21-13-11-19(15-22(21)18-9-7-6-8-10-18)23-14-12-20(16-24-23)25(3,4)5/h6-17H,1-5H3/i17D. The van der Waals surface area contributed by atoms with E-state index in [0.29, 0.717) is 0 Å². The number of pyridine rings is 1. The minimum atomic E-state index is -1.34. The lowest BCUT2D eigenvalue weighted by Crippen LogP contribution is -2.37. The van der Waals surface area contributed by atoms with Crippen LogP contribution in [-0.2, 0) is 0 Å². The van der Waals surface area contributed by atoms with E-state index in [1.807, 2.05) is 38.2 Å². The summed E-state index contributed by atoms with van der Waals surface area (Å²) in [7, 11) is -1.34. The molecule has 0 spiro atoms. The molecule has 0 N–H and O–H groups in total. The lowest BCUT2D eigenvalue weighted by molar-refractivity contribution is 0.869. The molecule has 3 rings (SSSR count). The molecule has 0 amide bonds. The fourth-order valence-electron chi connectivity index (χ4n) is 3.00. The molecule has 0 bridgehead atoms. The summed E-state index contributed by atoms with van der Waals surface area (Å²) >= 11 is 0. The first-order chi connectivity index (χ1) is 12.2. The molecule has 0 aliphatic rings. The Hall–Kier alpha value is -2.19. The van der Waals surface area contributed by atoms with Crippen molar-refractivity contribution in [3.63, 3.8) is 0 Å². The first kappa shape index (κ1) is 16.3. The average Bonchev–Trinajstić information content (AvgIpc) is 2.60. The quantitative estimate of drug-likeness (QED) is 0.521. The zero-order valence-electron chi connectivity index (χ0n) is 16.8. The van der Waals surface area contributed by atoms with Crippen LogP contribution < -0.4 is 5.19 Å². The molecular formula is C23H27NSi.